The topological polar surface area (TPSA) is 36.3 Å². The van der Waals surface area contributed by atoms with Crippen LogP contribution >= 0.6 is 0 Å². The zero-order valence-electron chi connectivity index (χ0n) is 9.63. The molecule has 14 heavy (non-hydrogen) atoms. The quantitative estimate of drug-likeness (QED) is 0.680. The Labute approximate surface area is 86.6 Å². The van der Waals surface area contributed by atoms with E-state index in [2.05, 4.69) is 27.7 Å². The number of rotatable bonds is 2. The van der Waals surface area contributed by atoms with Crippen LogP contribution in [0, 0.1) is 11.3 Å². The fourth-order valence-electron chi connectivity index (χ4n) is 2.42. The lowest BCUT2D eigenvalue weighted by Gasteiger charge is -2.50. The first-order valence-electron chi connectivity index (χ1n) is 5.20. The first kappa shape index (κ1) is 11.5. The zero-order valence-corrected chi connectivity index (χ0v) is 9.63. The Kier molecular flexibility index (Phi) is 3.18. The van der Waals surface area contributed by atoms with E-state index >= 15 is 0 Å². The van der Waals surface area contributed by atoms with Crippen LogP contribution in [-0.2, 0) is 4.84 Å². The maximum atomic E-state index is 8.54. The van der Waals surface area contributed by atoms with Gasteiger partial charge >= 0.3 is 0 Å². The first-order valence-corrected chi connectivity index (χ1v) is 5.20. The predicted octanol–water partition coefficient (Wildman–Crippen LogP) is 2.48. The minimum atomic E-state index is 0.0403. The molecule has 1 aliphatic heterocycles. The molecule has 1 heterocycles. The summed E-state index contributed by atoms with van der Waals surface area (Å²) in [7, 11) is 0. The molecule has 0 saturated carbocycles. The van der Waals surface area contributed by atoms with E-state index in [9.17, 15) is 0 Å². The summed E-state index contributed by atoms with van der Waals surface area (Å²) < 4.78 is 0. The van der Waals surface area contributed by atoms with Gasteiger partial charge in [-0.25, -0.2) is 0 Å². The molecule has 1 saturated heterocycles. The maximum Gasteiger partial charge on any atom is 0.155 e. The second-order valence-electron chi connectivity index (χ2n) is 5.20. The number of piperidine rings is 1. The third kappa shape index (κ3) is 2.26. The van der Waals surface area contributed by atoms with E-state index in [1.165, 1.54) is 6.42 Å². The van der Waals surface area contributed by atoms with Crippen molar-refractivity contribution in [2.24, 2.45) is 0 Å². The molecule has 0 amide bonds. The standard InChI is InChI=1S/C11H20N2O/c1-10(2)6-5-7-11(3,4)13(10)14-9-8-12/h5-7,9H2,1-4H3. The summed E-state index contributed by atoms with van der Waals surface area (Å²) in [6.07, 6.45) is 3.48. The number of nitrogens with zero attached hydrogens (tertiary/aromatic N) is 2. The molecule has 0 radical (unpaired) electrons. The van der Waals surface area contributed by atoms with Crippen molar-refractivity contribution < 1.29 is 4.84 Å². The van der Waals surface area contributed by atoms with Crippen molar-refractivity contribution in [2.75, 3.05) is 6.61 Å². The third-order valence-corrected chi connectivity index (χ3v) is 2.93. The highest BCUT2D eigenvalue weighted by molar-refractivity contribution is 4.93. The second-order valence-corrected chi connectivity index (χ2v) is 5.20. The number of hydrogen-bond donors (Lipinski definition) is 0. The summed E-state index contributed by atoms with van der Waals surface area (Å²) >= 11 is 0. The Morgan fingerprint density at radius 1 is 1.21 bits per heavy atom. The lowest BCUT2D eigenvalue weighted by Crippen LogP contribution is -2.58. The van der Waals surface area contributed by atoms with E-state index in [0.29, 0.717) is 0 Å². The fourth-order valence-corrected chi connectivity index (χ4v) is 2.42. The zero-order chi connectivity index (χ0) is 10.8. The Morgan fingerprint density at radius 3 is 2.14 bits per heavy atom. The van der Waals surface area contributed by atoms with Crippen molar-refractivity contribution in [1.29, 1.82) is 5.26 Å². The summed E-state index contributed by atoms with van der Waals surface area (Å²) in [5.74, 6) is 0. The van der Waals surface area contributed by atoms with Gasteiger partial charge in [0, 0.05) is 11.1 Å². The number of hydrogen-bond acceptors (Lipinski definition) is 3. The van der Waals surface area contributed by atoms with Crippen LogP contribution in [0.25, 0.3) is 0 Å². The van der Waals surface area contributed by atoms with Crippen LogP contribution < -0.4 is 0 Å². The Balaban J connectivity index is 2.76. The van der Waals surface area contributed by atoms with E-state index in [-0.39, 0.29) is 17.7 Å². The molecule has 0 bridgehead atoms. The second kappa shape index (κ2) is 3.88. The third-order valence-electron chi connectivity index (χ3n) is 2.93. The lowest BCUT2D eigenvalue weighted by molar-refractivity contribution is -0.273. The molecule has 0 aromatic carbocycles. The number of nitriles is 1. The van der Waals surface area contributed by atoms with Crippen LogP contribution in [0.3, 0.4) is 0 Å². The van der Waals surface area contributed by atoms with E-state index in [1.54, 1.807) is 0 Å². The normalized spacial score (nSPS) is 25.6. The van der Waals surface area contributed by atoms with Gasteiger partial charge in [-0.05, 0) is 47.0 Å². The van der Waals surface area contributed by atoms with Crippen LogP contribution in [0.1, 0.15) is 47.0 Å². The minimum absolute atomic E-state index is 0.0403. The van der Waals surface area contributed by atoms with Crippen LogP contribution in [0.2, 0.25) is 0 Å². The smallest absolute Gasteiger partial charge is 0.155 e. The molecule has 3 nitrogen and oxygen atoms in total. The molecule has 1 rings (SSSR count). The van der Waals surface area contributed by atoms with Crippen LogP contribution in [-0.4, -0.2) is 22.7 Å². The van der Waals surface area contributed by atoms with E-state index in [0.717, 1.165) is 12.8 Å². The fraction of sp³-hybridized carbons (Fsp3) is 0.909. The van der Waals surface area contributed by atoms with Crippen molar-refractivity contribution in [3.8, 4) is 6.07 Å². The molecule has 80 valence electrons. The van der Waals surface area contributed by atoms with Gasteiger partial charge in [-0.1, -0.05) is 0 Å². The molecule has 0 spiro atoms. The van der Waals surface area contributed by atoms with Crippen molar-refractivity contribution >= 4 is 0 Å². The van der Waals surface area contributed by atoms with Crippen LogP contribution in [0.4, 0.5) is 0 Å². The highest BCUT2D eigenvalue weighted by Gasteiger charge is 2.42. The molecule has 0 aliphatic carbocycles. The maximum absolute atomic E-state index is 8.54. The molecule has 0 aromatic heterocycles. The first-order chi connectivity index (χ1) is 6.40. The molecule has 3 heteroatoms. The molecule has 0 N–H and O–H groups in total. The van der Waals surface area contributed by atoms with Gasteiger partial charge in [0.1, 0.15) is 0 Å². The summed E-state index contributed by atoms with van der Waals surface area (Å²) in [4.78, 5) is 5.53. The highest BCUT2D eigenvalue weighted by Crippen LogP contribution is 2.38. The Hall–Kier alpha value is -0.590. The molecular weight excluding hydrogens is 176 g/mol. The van der Waals surface area contributed by atoms with Gasteiger partial charge < -0.3 is 0 Å². The number of hydroxylamine groups is 2. The monoisotopic (exact) mass is 196 g/mol. The Morgan fingerprint density at radius 2 is 1.71 bits per heavy atom. The van der Waals surface area contributed by atoms with Crippen LogP contribution in [0.5, 0.6) is 0 Å². The largest absolute Gasteiger partial charge is 0.283 e. The van der Waals surface area contributed by atoms with Gasteiger partial charge in [-0.15, -0.1) is 0 Å². The van der Waals surface area contributed by atoms with Gasteiger partial charge in [-0.2, -0.15) is 10.3 Å². The van der Waals surface area contributed by atoms with Crippen molar-refractivity contribution in [1.82, 2.24) is 5.06 Å². The summed E-state index contributed by atoms with van der Waals surface area (Å²) in [6, 6.07) is 2.03. The Bertz CT molecular complexity index is 224. The van der Waals surface area contributed by atoms with E-state index in [1.807, 2.05) is 11.1 Å². The van der Waals surface area contributed by atoms with Gasteiger partial charge in [-0.3, -0.25) is 4.84 Å². The predicted molar refractivity (Wildman–Crippen MR) is 55.4 cm³/mol. The van der Waals surface area contributed by atoms with E-state index < -0.39 is 0 Å². The summed E-state index contributed by atoms with van der Waals surface area (Å²) in [6.45, 7) is 8.83. The van der Waals surface area contributed by atoms with Crippen molar-refractivity contribution in [3.05, 3.63) is 0 Å². The summed E-state index contributed by atoms with van der Waals surface area (Å²) in [5.41, 5.74) is 0.0806. The average molecular weight is 196 g/mol. The van der Waals surface area contributed by atoms with Crippen molar-refractivity contribution in [2.45, 2.75) is 58.0 Å². The molecule has 1 aliphatic rings. The summed E-state index contributed by atoms with van der Waals surface area (Å²) in [5, 5.41) is 10.5. The van der Waals surface area contributed by atoms with E-state index in [4.69, 9.17) is 10.1 Å². The molecule has 0 aromatic rings. The highest BCUT2D eigenvalue weighted by atomic mass is 16.7. The molecule has 0 unspecified atom stereocenters. The van der Waals surface area contributed by atoms with Gasteiger partial charge in [0.25, 0.3) is 0 Å². The molecular formula is C11H20N2O. The average Bonchev–Trinajstić information content (AvgIpc) is 2.01. The van der Waals surface area contributed by atoms with Gasteiger partial charge in [0.2, 0.25) is 0 Å². The molecule has 0 atom stereocenters. The lowest BCUT2D eigenvalue weighted by atomic mass is 9.82. The van der Waals surface area contributed by atoms with Crippen LogP contribution in [0.15, 0.2) is 0 Å². The van der Waals surface area contributed by atoms with Gasteiger partial charge in [0.05, 0.1) is 6.07 Å². The molecule has 1 fully saturated rings. The van der Waals surface area contributed by atoms with Crippen molar-refractivity contribution in [3.63, 3.8) is 0 Å². The SMILES string of the molecule is CC1(C)CCCC(C)(C)N1OCC#N. The van der Waals surface area contributed by atoms with Gasteiger partial charge in [0.15, 0.2) is 6.61 Å². The minimum Gasteiger partial charge on any atom is -0.283 e.